The minimum absolute atomic E-state index is 0.0581. The van der Waals surface area contributed by atoms with Gasteiger partial charge in [0.2, 0.25) is 10.0 Å². The van der Waals surface area contributed by atoms with E-state index in [9.17, 15) is 13.2 Å². The molecule has 0 unspecified atom stereocenters. The Morgan fingerprint density at radius 3 is 2.46 bits per heavy atom. The SMILES string of the molecule is CCCS(=O)(=O)Nc1cccc(NC(=O)NCCCN(C)c2ccccc2)c1. The van der Waals surface area contributed by atoms with Crippen LogP contribution in [0.5, 0.6) is 0 Å². The van der Waals surface area contributed by atoms with Crippen molar-refractivity contribution >= 4 is 33.1 Å². The highest BCUT2D eigenvalue weighted by atomic mass is 32.2. The number of anilines is 3. The maximum absolute atomic E-state index is 12.1. The molecule has 152 valence electrons. The topological polar surface area (TPSA) is 90.5 Å². The minimum Gasteiger partial charge on any atom is -0.375 e. The Morgan fingerprint density at radius 2 is 1.75 bits per heavy atom. The summed E-state index contributed by atoms with van der Waals surface area (Å²) in [4.78, 5) is 14.2. The first-order valence-corrected chi connectivity index (χ1v) is 11.0. The van der Waals surface area contributed by atoms with Crippen LogP contribution in [0.1, 0.15) is 19.8 Å². The molecule has 0 radical (unpaired) electrons. The van der Waals surface area contributed by atoms with Crippen LogP contribution in [0.4, 0.5) is 21.9 Å². The van der Waals surface area contributed by atoms with Gasteiger partial charge in [-0.25, -0.2) is 13.2 Å². The normalized spacial score (nSPS) is 10.9. The number of benzene rings is 2. The highest BCUT2D eigenvalue weighted by molar-refractivity contribution is 7.92. The molecule has 0 saturated carbocycles. The number of hydrogen-bond acceptors (Lipinski definition) is 4. The molecule has 7 nitrogen and oxygen atoms in total. The van der Waals surface area contributed by atoms with Crippen molar-refractivity contribution in [2.24, 2.45) is 0 Å². The molecule has 0 saturated heterocycles. The molecule has 2 aromatic carbocycles. The lowest BCUT2D eigenvalue weighted by molar-refractivity contribution is 0.252. The smallest absolute Gasteiger partial charge is 0.319 e. The van der Waals surface area contributed by atoms with Gasteiger partial charge in [0.05, 0.1) is 11.4 Å². The zero-order valence-electron chi connectivity index (χ0n) is 16.3. The summed E-state index contributed by atoms with van der Waals surface area (Å²) >= 11 is 0. The molecule has 8 heteroatoms. The van der Waals surface area contributed by atoms with E-state index in [1.807, 2.05) is 37.4 Å². The third-order valence-electron chi connectivity index (χ3n) is 4.02. The zero-order chi connectivity index (χ0) is 20.4. The third kappa shape index (κ3) is 7.48. The van der Waals surface area contributed by atoms with Gasteiger partial charge < -0.3 is 15.5 Å². The van der Waals surface area contributed by atoms with E-state index in [2.05, 4.69) is 20.3 Å². The van der Waals surface area contributed by atoms with Crippen LogP contribution in [0.3, 0.4) is 0 Å². The molecule has 0 aromatic heterocycles. The molecule has 2 rings (SSSR count). The van der Waals surface area contributed by atoms with Gasteiger partial charge in [0.15, 0.2) is 0 Å². The summed E-state index contributed by atoms with van der Waals surface area (Å²) < 4.78 is 26.2. The summed E-state index contributed by atoms with van der Waals surface area (Å²) in [6.07, 6.45) is 1.34. The zero-order valence-corrected chi connectivity index (χ0v) is 17.1. The summed E-state index contributed by atoms with van der Waals surface area (Å²) in [5.74, 6) is 0.0581. The number of sulfonamides is 1. The van der Waals surface area contributed by atoms with Crippen LogP contribution in [-0.2, 0) is 10.0 Å². The first-order valence-electron chi connectivity index (χ1n) is 9.31. The number of carbonyl (C=O) groups is 1. The Hall–Kier alpha value is -2.74. The molecule has 0 atom stereocenters. The quantitative estimate of drug-likeness (QED) is 0.529. The molecule has 0 aliphatic heterocycles. The molecule has 28 heavy (non-hydrogen) atoms. The van der Waals surface area contributed by atoms with Gasteiger partial charge in [0.25, 0.3) is 0 Å². The van der Waals surface area contributed by atoms with Crippen molar-refractivity contribution in [2.45, 2.75) is 19.8 Å². The summed E-state index contributed by atoms with van der Waals surface area (Å²) in [7, 11) is -1.35. The average molecular weight is 405 g/mol. The summed E-state index contributed by atoms with van der Waals surface area (Å²) in [6, 6.07) is 16.4. The second-order valence-corrected chi connectivity index (χ2v) is 8.34. The number of amides is 2. The van der Waals surface area contributed by atoms with Gasteiger partial charge in [-0.15, -0.1) is 0 Å². The maximum atomic E-state index is 12.1. The van der Waals surface area contributed by atoms with Crippen molar-refractivity contribution in [3.05, 3.63) is 54.6 Å². The van der Waals surface area contributed by atoms with Crippen LogP contribution >= 0.6 is 0 Å². The van der Waals surface area contributed by atoms with Crippen molar-refractivity contribution in [3.8, 4) is 0 Å². The van der Waals surface area contributed by atoms with Crippen molar-refractivity contribution in [3.63, 3.8) is 0 Å². The van der Waals surface area contributed by atoms with Gasteiger partial charge in [0, 0.05) is 31.5 Å². The number of rotatable bonds is 10. The van der Waals surface area contributed by atoms with Crippen molar-refractivity contribution in [1.29, 1.82) is 0 Å². The van der Waals surface area contributed by atoms with Gasteiger partial charge in [-0.05, 0) is 43.2 Å². The highest BCUT2D eigenvalue weighted by Crippen LogP contribution is 2.16. The molecular weight excluding hydrogens is 376 g/mol. The van der Waals surface area contributed by atoms with Crippen LogP contribution in [0.2, 0.25) is 0 Å². The number of nitrogens with one attached hydrogen (secondary N) is 3. The average Bonchev–Trinajstić information content (AvgIpc) is 2.65. The molecule has 0 bridgehead atoms. The molecule has 0 spiro atoms. The fourth-order valence-corrected chi connectivity index (χ4v) is 3.79. The molecular formula is C20H28N4O3S. The molecule has 0 heterocycles. The molecule has 0 aliphatic carbocycles. The lowest BCUT2D eigenvalue weighted by Crippen LogP contribution is -2.31. The van der Waals surface area contributed by atoms with Crippen molar-refractivity contribution < 1.29 is 13.2 Å². The predicted molar refractivity (Wildman–Crippen MR) is 115 cm³/mol. The molecule has 2 amide bonds. The van der Waals surface area contributed by atoms with E-state index < -0.39 is 10.0 Å². The van der Waals surface area contributed by atoms with Crippen LogP contribution in [0, 0.1) is 0 Å². The van der Waals surface area contributed by atoms with Gasteiger partial charge in [-0.3, -0.25) is 4.72 Å². The lowest BCUT2D eigenvalue weighted by atomic mass is 10.3. The highest BCUT2D eigenvalue weighted by Gasteiger charge is 2.09. The maximum Gasteiger partial charge on any atom is 0.319 e. The van der Waals surface area contributed by atoms with E-state index in [1.165, 1.54) is 0 Å². The third-order valence-corrected chi connectivity index (χ3v) is 5.51. The van der Waals surface area contributed by atoms with Gasteiger partial charge >= 0.3 is 6.03 Å². The number of nitrogens with zero attached hydrogens (tertiary/aromatic N) is 1. The number of para-hydroxylation sites is 1. The Morgan fingerprint density at radius 1 is 1.04 bits per heavy atom. The van der Waals surface area contributed by atoms with E-state index in [1.54, 1.807) is 31.2 Å². The van der Waals surface area contributed by atoms with Crippen LogP contribution in [0.25, 0.3) is 0 Å². The first kappa shape index (κ1) is 21.6. The molecule has 3 N–H and O–H groups in total. The Balaban J connectivity index is 1.76. The molecule has 0 fully saturated rings. The van der Waals surface area contributed by atoms with Gasteiger partial charge in [-0.2, -0.15) is 0 Å². The predicted octanol–water partition coefficient (Wildman–Crippen LogP) is 3.49. The van der Waals surface area contributed by atoms with E-state index in [0.29, 0.717) is 24.3 Å². The van der Waals surface area contributed by atoms with Gasteiger partial charge in [-0.1, -0.05) is 31.2 Å². The monoisotopic (exact) mass is 404 g/mol. The molecule has 2 aromatic rings. The minimum atomic E-state index is -3.36. The van der Waals surface area contributed by atoms with Crippen LogP contribution < -0.4 is 20.3 Å². The summed E-state index contributed by atoms with van der Waals surface area (Å²) in [6.45, 7) is 3.16. The number of hydrogen-bond donors (Lipinski definition) is 3. The Labute approximate surface area is 167 Å². The Bertz CT molecular complexity index is 857. The van der Waals surface area contributed by atoms with E-state index in [4.69, 9.17) is 0 Å². The lowest BCUT2D eigenvalue weighted by Gasteiger charge is -2.19. The second-order valence-electron chi connectivity index (χ2n) is 6.49. The standard InChI is InChI=1S/C20H28N4O3S/c1-3-15-28(26,27)23-18-10-7-9-17(16-18)22-20(25)21-13-8-14-24(2)19-11-5-4-6-12-19/h4-7,9-12,16,23H,3,8,13-15H2,1-2H3,(H2,21,22,25). The first-order chi connectivity index (χ1) is 13.4. The fraction of sp³-hybridized carbons (Fsp3) is 0.350. The van der Waals surface area contributed by atoms with E-state index in [-0.39, 0.29) is 11.8 Å². The van der Waals surface area contributed by atoms with Crippen molar-refractivity contribution in [1.82, 2.24) is 5.32 Å². The summed E-state index contributed by atoms with van der Waals surface area (Å²) in [5, 5.41) is 5.53. The second kappa shape index (κ2) is 10.6. The summed E-state index contributed by atoms with van der Waals surface area (Å²) in [5.41, 5.74) is 2.08. The number of carbonyl (C=O) groups excluding carboxylic acids is 1. The van der Waals surface area contributed by atoms with Gasteiger partial charge in [0.1, 0.15) is 0 Å². The van der Waals surface area contributed by atoms with Crippen LogP contribution in [-0.4, -0.2) is 40.3 Å². The molecule has 0 aliphatic rings. The number of urea groups is 1. The Kier molecular flexibility index (Phi) is 8.13. The van der Waals surface area contributed by atoms with Crippen molar-refractivity contribution in [2.75, 3.05) is 40.8 Å². The van der Waals surface area contributed by atoms with E-state index in [0.717, 1.165) is 18.7 Å². The van der Waals surface area contributed by atoms with Crippen LogP contribution in [0.15, 0.2) is 54.6 Å². The largest absolute Gasteiger partial charge is 0.375 e. The fourth-order valence-electron chi connectivity index (χ4n) is 2.66. The van der Waals surface area contributed by atoms with E-state index >= 15 is 0 Å².